The first-order chi connectivity index (χ1) is 14.6. The van der Waals surface area contributed by atoms with E-state index in [0.717, 1.165) is 6.07 Å². The third kappa shape index (κ3) is 5.33. The fraction of sp³-hybridized carbons (Fsp3) is 0.400. The maximum absolute atomic E-state index is 14.7. The highest BCUT2D eigenvalue weighted by Crippen LogP contribution is 2.36. The minimum atomic E-state index is -4.53. The average molecular weight is 481 g/mol. The van der Waals surface area contributed by atoms with Gasteiger partial charge in [0.1, 0.15) is 22.7 Å². The number of aromatic nitrogens is 1. The summed E-state index contributed by atoms with van der Waals surface area (Å²) in [5, 5.41) is 4.03. The molecule has 1 aliphatic rings. The summed E-state index contributed by atoms with van der Waals surface area (Å²) in [5.41, 5.74) is -0.0284. The van der Waals surface area contributed by atoms with Gasteiger partial charge in [-0.1, -0.05) is 28.4 Å². The SMILES string of the molecule is COc1c(Cl)cc(C)c(F)c1C1=NOC(CCCOc2ncc(C(F)(F)F)cc2Cl)C1. The van der Waals surface area contributed by atoms with E-state index in [-0.39, 0.29) is 39.9 Å². The molecule has 0 N–H and O–H groups in total. The Morgan fingerprint density at radius 2 is 1.97 bits per heavy atom. The Morgan fingerprint density at radius 1 is 1.23 bits per heavy atom. The predicted molar refractivity (Wildman–Crippen MR) is 108 cm³/mol. The van der Waals surface area contributed by atoms with Crippen LogP contribution in [-0.2, 0) is 11.0 Å². The molecule has 0 saturated carbocycles. The van der Waals surface area contributed by atoms with E-state index >= 15 is 0 Å². The summed E-state index contributed by atoms with van der Waals surface area (Å²) < 4.78 is 63.2. The van der Waals surface area contributed by atoms with E-state index in [4.69, 9.17) is 37.5 Å². The molecular formula is C20H18Cl2F4N2O3. The highest BCUT2D eigenvalue weighted by Gasteiger charge is 2.32. The van der Waals surface area contributed by atoms with E-state index in [1.165, 1.54) is 13.2 Å². The van der Waals surface area contributed by atoms with Gasteiger partial charge in [-0.25, -0.2) is 9.37 Å². The lowest BCUT2D eigenvalue weighted by atomic mass is 9.99. The number of methoxy groups -OCH3 is 1. The maximum atomic E-state index is 14.7. The van der Waals surface area contributed by atoms with E-state index in [0.29, 0.717) is 36.7 Å². The summed E-state index contributed by atoms with van der Waals surface area (Å²) in [5.74, 6) is -0.366. The molecule has 11 heteroatoms. The number of oxime groups is 1. The van der Waals surface area contributed by atoms with Crippen LogP contribution in [0.25, 0.3) is 0 Å². The molecule has 5 nitrogen and oxygen atoms in total. The molecule has 0 radical (unpaired) electrons. The molecule has 1 atom stereocenters. The summed E-state index contributed by atoms with van der Waals surface area (Å²) in [6, 6.07) is 2.24. The summed E-state index contributed by atoms with van der Waals surface area (Å²) in [6.07, 6.45) is -2.85. The van der Waals surface area contributed by atoms with E-state index < -0.39 is 17.6 Å². The van der Waals surface area contributed by atoms with Crippen LogP contribution in [0.15, 0.2) is 23.5 Å². The van der Waals surface area contributed by atoms with Gasteiger partial charge in [0.15, 0.2) is 0 Å². The van der Waals surface area contributed by atoms with Crippen molar-refractivity contribution in [1.82, 2.24) is 4.98 Å². The fourth-order valence-electron chi connectivity index (χ4n) is 3.09. The number of nitrogens with zero attached hydrogens (tertiary/aromatic N) is 2. The Bertz CT molecular complexity index is 999. The number of benzene rings is 1. The lowest BCUT2D eigenvalue weighted by Gasteiger charge is -2.13. The zero-order valence-corrected chi connectivity index (χ0v) is 18.0. The van der Waals surface area contributed by atoms with Crippen LogP contribution >= 0.6 is 23.2 Å². The van der Waals surface area contributed by atoms with Crippen molar-refractivity contribution in [1.29, 1.82) is 0 Å². The first-order valence-corrected chi connectivity index (χ1v) is 9.98. The predicted octanol–water partition coefficient (Wildman–Crippen LogP) is 6.22. The monoisotopic (exact) mass is 480 g/mol. The van der Waals surface area contributed by atoms with Crippen molar-refractivity contribution in [2.45, 2.75) is 38.5 Å². The molecule has 1 aromatic carbocycles. The summed E-state index contributed by atoms with van der Waals surface area (Å²) in [7, 11) is 1.39. The number of ether oxygens (including phenoxy) is 2. The fourth-order valence-corrected chi connectivity index (χ4v) is 3.65. The molecule has 1 aliphatic heterocycles. The van der Waals surface area contributed by atoms with Gasteiger partial charge in [0.2, 0.25) is 5.88 Å². The molecule has 2 aromatic rings. The minimum Gasteiger partial charge on any atom is -0.494 e. The van der Waals surface area contributed by atoms with Crippen molar-refractivity contribution in [2.24, 2.45) is 5.16 Å². The lowest BCUT2D eigenvalue weighted by Crippen LogP contribution is -2.13. The lowest BCUT2D eigenvalue weighted by molar-refractivity contribution is -0.137. The molecule has 0 bridgehead atoms. The summed E-state index contributed by atoms with van der Waals surface area (Å²) >= 11 is 12.0. The molecule has 0 spiro atoms. The first-order valence-electron chi connectivity index (χ1n) is 9.23. The first kappa shape index (κ1) is 23.4. The number of hydrogen-bond donors (Lipinski definition) is 0. The smallest absolute Gasteiger partial charge is 0.417 e. The molecule has 0 aliphatic carbocycles. The molecular weight excluding hydrogens is 463 g/mol. The Balaban J connectivity index is 1.54. The van der Waals surface area contributed by atoms with Gasteiger partial charge in [0, 0.05) is 12.6 Å². The second-order valence-corrected chi connectivity index (χ2v) is 7.68. The van der Waals surface area contributed by atoms with Crippen molar-refractivity contribution < 1.29 is 31.9 Å². The average Bonchev–Trinajstić information content (AvgIpc) is 3.16. The molecule has 31 heavy (non-hydrogen) atoms. The van der Waals surface area contributed by atoms with Crippen LogP contribution < -0.4 is 9.47 Å². The van der Waals surface area contributed by atoms with Gasteiger partial charge in [0.25, 0.3) is 0 Å². The molecule has 0 fully saturated rings. The molecule has 2 heterocycles. The van der Waals surface area contributed by atoms with Gasteiger partial charge in [-0.15, -0.1) is 0 Å². The quantitative estimate of drug-likeness (QED) is 0.348. The van der Waals surface area contributed by atoms with Crippen LogP contribution in [0.1, 0.15) is 36.0 Å². The van der Waals surface area contributed by atoms with Gasteiger partial charge in [-0.3, -0.25) is 0 Å². The van der Waals surface area contributed by atoms with Crippen LogP contribution in [0.2, 0.25) is 10.0 Å². The highest BCUT2D eigenvalue weighted by molar-refractivity contribution is 6.33. The Hall–Kier alpha value is -2.26. The Kier molecular flexibility index (Phi) is 7.16. The Labute approximate surface area is 185 Å². The van der Waals surface area contributed by atoms with Crippen LogP contribution in [-0.4, -0.2) is 30.5 Å². The summed E-state index contributed by atoms with van der Waals surface area (Å²) in [6.45, 7) is 1.75. The Morgan fingerprint density at radius 3 is 2.61 bits per heavy atom. The van der Waals surface area contributed by atoms with Gasteiger partial charge in [0.05, 0.1) is 35.6 Å². The van der Waals surface area contributed by atoms with Crippen LogP contribution in [0, 0.1) is 12.7 Å². The molecule has 168 valence electrons. The molecule has 0 amide bonds. The third-order valence-electron chi connectivity index (χ3n) is 4.62. The number of pyridine rings is 1. The number of hydrogen-bond acceptors (Lipinski definition) is 5. The standard InChI is InChI=1S/C20H18Cl2F4N2O3/c1-10-6-13(21)18(29-2)16(17(10)23)15-8-12(31-28-15)4-3-5-30-19-14(22)7-11(9-27-19)20(24,25)26/h6-7,9,12H,3-5,8H2,1-2H3. The van der Waals surface area contributed by atoms with Gasteiger partial charge < -0.3 is 14.3 Å². The van der Waals surface area contributed by atoms with Crippen molar-refractivity contribution >= 4 is 28.9 Å². The number of alkyl halides is 3. The largest absolute Gasteiger partial charge is 0.494 e. The van der Waals surface area contributed by atoms with E-state index in [2.05, 4.69) is 10.1 Å². The van der Waals surface area contributed by atoms with Crippen LogP contribution in [0.3, 0.4) is 0 Å². The summed E-state index contributed by atoms with van der Waals surface area (Å²) in [4.78, 5) is 9.00. The normalized spacial score (nSPS) is 16.1. The minimum absolute atomic E-state index is 0.0832. The van der Waals surface area contributed by atoms with Gasteiger partial charge in [-0.2, -0.15) is 13.2 Å². The van der Waals surface area contributed by atoms with Crippen molar-refractivity contribution in [3.05, 3.63) is 50.9 Å². The number of halogens is 6. The molecule has 0 saturated heterocycles. The molecule has 3 rings (SSSR count). The van der Waals surface area contributed by atoms with Gasteiger partial charge in [-0.05, 0) is 37.5 Å². The zero-order valence-electron chi connectivity index (χ0n) is 16.5. The van der Waals surface area contributed by atoms with Crippen molar-refractivity contribution in [2.75, 3.05) is 13.7 Å². The maximum Gasteiger partial charge on any atom is 0.417 e. The zero-order chi connectivity index (χ0) is 22.8. The number of aryl methyl sites for hydroxylation is 1. The second-order valence-electron chi connectivity index (χ2n) is 6.87. The van der Waals surface area contributed by atoms with Crippen molar-refractivity contribution in [3.8, 4) is 11.6 Å². The topological polar surface area (TPSA) is 52.9 Å². The second kappa shape index (κ2) is 9.48. The van der Waals surface area contributed by atoms with Crippen LogP contribution in [0.4, 0.5) is 17.6 Å². The third-order valence-corrected chi connectivity index (χ3v) is 5.17. The highest BCUT2D eigenvalue weighted by atomic mass is 35.5. The van der Waals surface area contributed by atoms with Crippen LogP contribution in [0.5, 0.6) is 11.6 Å². The van der Waals surface area contributed by atoms with Gasteiger partial charge >= 0.3 is 6.18 Å². The van der Waals surface area contributed by atoms with E-state index in [1.54, 1.807) is 6.92 Å². The van der Waals surface area contributed by atoms with Crippen molar-refractivity contribution in [3.63, 3.8) is 0 Å². The molecule has 1 unspecified atom stereocenters. The van der Waals surface area contributed by atoms with E-state index in [9.17, 15) is 17.6 Å². The number of rotatable bonds is 7. The molecule has 1 aromatic heterocycles. The van der Waals surface area contributed by atoms with E-state index in [1.807, 2.05) is 0 Å².